The van der Waals surface area contributed by atoms with E-state index >= 15 is 0 Å². The molecule has 76 valence electrons. The van der Waals surface area contributed by atoms with Crippen molar-refractivity contribution < 1.29 is 13.6 Å². The topological polar surface area (TPSA) is 20.3 Å². The lowest BCUT2D eigenvalue weighted by molar-refractivity contribution is -0.144. The van der Waals surface area contributed by atoms with Crippen LogP contribution in [0.25, 0.3) is 0 Å². The Morgan fingerprint density at radius 1 is 1.46 bits per heavy atom. The number of nitrogens with zero attached hydrogens (tertiary/aromatic N) is 1. The maximum absolute atomic E-state index is 12.0. The predicted octanol–water partition coefficient (Wildman–Crippen LogP) is 1.90. The standard InChI is InChI=1S/C9H15F2NO/c1-2-7-3-5-12(6-4-7)9(13)8(10)11/h7-8H,2-6H2,1H3. The SMILES string of the molecule is CCC1CCN(C(=O)C(F)F)CC1. The van der Waals surface area contributed by atoms with Gasteiger partial charge >= 0.3 is 6.43 Å². The molecular formula is C9H15F2NO. The van der Waals surface area contributed by atoms with E-state index in [-0.39, 0.29) is 0 Å². The molecule has 4 heteroatoms. The normalized spacial score (nSPS) is 19.5. The summed E-state index contributed by atoms with van der Waals surface area (Å²) in [6, 6.07) is 0. The molecule has 0 N–H and O–H groups in total. The summed E-state index contributed by atoms with van der Waals surface area (Å²) in [5, 5.41) is 0. The highest BCUT2D eigenvalue weighted by Crippen LogP contribution is 2.20. The monoisotopic (exact) mass is 191 g/mol. The third kappa shape index (κ3) is 2.64. The Morgan fingerprint density at radius 2 is 2.00 bits per heavy atom. The molecule has 0 bridgehead atoms. The van der Waals surface area contributed by atoms with Gasteiger partial charge < -0.3 is 4.90 Å². The Morgan fingerprint density at radius 3 is 2.38 bits per heavy atom. The van der Waals surface area contributed by atoms with Crippen LogP contribution in [0.2, 0.25) is 0 Å². The summed E-state index contributed by atoms with van der Waals surface area (Å²) in [5.41, 5.74) is 0. The Bertz CT molecular complexity index is 176. The highest BCUT2D eigenvalue weighted by atomic mass is 19.3. The molecule has 0 aromatic rings. The van der Waals surface area contributed by atoms with Gasteiger partial charge in [0.25, 0.3) is 5.91 Å². The van der Waals surface area contributed by atoms with Gasteiger partial charge in [-0.3, -0.25) is 4.79 Å². The zero-order valence-electron chi connectivity index (χ0n) is 7.80. The quantitative estimate of drug-likeness (QED) is 0.652. The molecule has 13 heavy (non-hydrogen) atoms. The number of carbonyl (C=O) groups excluding carboxylic acids is 1. The number of hydrogen-bond acceptors (Lipinski definition) is 1. The summed E-state index contributed by atoms with van der Waals surface area (Å²) in [6.07, 6.45) is -0.0150. The van der Waals surface area contributed by atoms with Gasteiger partial charge in [-0.25, -0.2) is 0 Å². The molecule has 0 spiro atoms. The molecule has 1 fully saturated rings. The summed E-state index contributed by atoms with van der Waals surface area (Å²) in [4.78, 5) is 12.1. The number of piperidine rings is 1. The highest BCUT2D eigenvalue weighted by Gasteiger charge is 2.26. The van der Waals surface area contributed by atoms with Gasteiger partial charge in [-0.15, -0.1) is 0 Å². The van der Waals surface area contributed by atoms with Crippen LogP contribution in [0, 0.1) is 5.92 Å². The number of rotatable bonds is 2. The summed E-state index contributed by atoms with van der Waals surface area (Å²) >= 11 is 0. The minimum Gasteiger partial charge on any atom is -0.338 e. The Hall–Kier alpha value is -0.670. The van der Waals surface area contributed by atoms with Crippen molar-refractivity contribution >= 4 is 5.91 Å². The molecule has 1 aliphatic rings. The molecule has 0 aromatic heterocycles. The summed E-state index contributed by atoms with van der Waals surface area (Å²) in [5.74, 6) is -0.392. The number of hydrogen-bond donors (Lipinski definition) is 0. The summed E-state index contributed by atoms with van der Waals surface area (Å²) < 4.78 is 24.0. The van der Waals surface area contributed by atoms with Gasteiger partial charge in [-0.1, -0.05) is 13.3 Å². The zero-order chi connectivity index (χ0) is 9.84. The molecule has 2 nitrogen and oxygen atoms in total. The first-order valence-electron chi connectivity index (χ1n) is 4.72. The largest absolute Gasteiger partial charge is 0.338 e. The van der Waals surface area contributed by atoms with E-state index in [1.165, 1.54) is 4.90 Å². The van der Waals surface area contributed by atoms with Crippen LogP contribution in [-0.2, 0) is 4.79 Å². The lowest BCUT2D eigenvalue weighted by Crippen LogP contribution is -2.41. The van der Waals surface area contributed by atoms with Crippen LogP contribution < -0.4 is 0 Å². The lowest BCUT2D eigenvalue weighted by atomic mass is 9.94. The van der Waals surface area contributed by atoms with Crippen molar-refractivity contribution in [1.29, 1.82) is 0 Å². The van der Waals surface area contributed by atoms with E-state index in [0.717, 1.165) is 19.3 Å². The van der Waals surface area contributed by atoms with Crippen LogP contribution >= 0.6 is 0 Å². The fourth-order valence-electron chi connectivity index (χ4n) is 1.70. The average molecular weight is 191 g/mol. The number of alkyl halides is 2. The Kier molecular flexibility index (Phi) is 3.63. The zero-order valence-corrected chi connectivity index (χ0v) is 7.80. The third-order valence-corrected chi connectivity index (χ3v) is 2.69. The van der Waals surface area contributed by atoms with Crippen molar-refractivity contribution in [1.82, 2.24) is 4.90 Å². The van der Waals surface area contributed by atoms with Crippen molar-refractivity contribution in [2.45, 2.75) is 32.6 Å². The van der Waals surface area contributed by atoms with E-state index in [1.54, 1.807) is 0 Å². The predicted molar refractivity (Wildman–Crippen MR) is 45.6 cm³/mol. The van der Waals surface area contributed by atoms with Crippen LogP contribution in [0.4, 0.5) is 8.78 Å². The van der Waals surface area contributed by atoms with Crippen molar-refractivity contribution in [3.63, 3.8) is 0 Å². The van der Waals surface area contributed by atoms with Crippen molar-refractivity contribution in [2.24, 2.45) is 5.92 Å². The molecule has 0 radical (unpaired) electrons. The van der Waals surface area contributed by atoms with Gasteiger partial charge in [0.1, 0.15) is 0 Å². The first-order valence-corrected chi connectivity index (χ1v) is 4.72. The van der Waals surface area contributed by atoms with Crippen LogP contribution in [-0.4, -0.2) is 30.3 Å². The molecule has 1 saturated heterocycles. The van der Waals surface area contributed by atoms with Gasteiger partial charge in [-0.2, -0.15) is 8.78 Å². The second-order valence-electron chi connectivity index (χ2n) is 3.48. The van der Waals surface area contributed by atoms with Gasteiger partial charge in [0.05, 0.1) is 0 Å². The third-order valence-electron chi connectivity index (χ3n) is 2.69. The highest BCUT2D eigenvalue weighted by molar-refractivity contribution is 5.79. The summed E-state index contributed by atoms with van der Waals surface area (Å²) in [6.45, 7) is 3.10. The van der Waals surface area contributed by atoms with Crippen molar-refractivity contribution in [3.05, 3.63) is 0 Å². The van der Waals surface area contributed by atoms with E-state index in [4.69, 9.17) is 0 Å². The van der Waals surface area contributed by atoms with Crippen LogP contribution in [0.1, 0.15) is 26.2 Å². The van der Waals surface area contributed by atoms with E-state index in [2.05, 4.69) is 6.92 Å². The smallest absolute Gasteiger partial charge is 0.315 e. The van der Waals surface area contributed by atoms with E-state index < -0.39 is 12.3 Å². The molecule has 1 amide bonds. The van der Waals surface area contributed by atoms with Gasteiger partial charge in [-0.05, 0) is 18.8 Å². The fraction of sp³-hybridized carbons (Fsp3) is 0.889. The average Bonchev–Trinajstić information content (AvgIpc) is 2.17. The maximum Gasteiger partial charge on any atom is 0.315 e. The van der Waals surface area contributed by atoms with Gasteiger partial charge in [0.2, 0.25) is 0 Å². The number of carbonyl (C=O) groups is 1. The fourth-order valence-corrected chi connectivity index (χ4v) is 1.70. The first-order chi connectivity index (χ1) is 6.15. The van der Waals surface area contributed by atoms with E-state index in [1.807, 2.05) is 0 Å². The lowest BCUT2D eigenvalue weighted by Gasteiger charge is -2.31. The number of likely N-dealkylation sites (tertiary alicyclic amines) is 1. The molecule has 1 heterocycles. The molecule has 0 atom stereocenters. The van der Waals surface area contributed by atoms with E-state index in [9.17, 15) is 13.6 Å². The van der Waals surface area contributed by atoms with E-state index in [0.29, 0.717) is 19.0 Å². The van der Waals surface area contributed by atoms with Gasteiger partial charge in [0, 0.05) is 13.1 Å². The van der Waals surface area contributed by atoms with Crippen molar-refractivity contribution in [3.8, 4) is 0 Å². The second-order valence-corrected chi connectivity index (χ2v) is 3.48. The molecule has 0 unspecified atom stereocenters. The molecule has 1 aliphatic heterocycles. The molecule has 0 aromatic carbocycles. The Balaban J connectivity index is 2.36. The minimum atomic E-state index is -2.84. The molecule has 0 saturated carbocycles. The van der Waals surface area contributed by atoms with Gasteiger partial charge in [0.15, 0.2) is 0 Å². The molecular weight excluding hydrogens is 176 g/mol. The minimum absolute atomic E-state index is 0.502. The number of amides is 1. The second kappa shape index (κ2) is 4.53. The summed E-state index contributed by atoms with van der Waals surface area (Å²) in [7, 11) is 0. The number of halogens is 2. The Labute approximate surface area is 76.9 Å². The van der Waals surface area contributed by atoms with Crippen LogP contribution in [0.3, 0.4) is 0 Å². The maximum atomic E-state index is 12.0. The van der Waals surface area contributed by atoms with Crippen LogP contribution in [0.5, 0.6) is 0 Å². The first kappa shape index (κ1) is 10.4. The molecule has 1 rings (SSSR count). The molecule has 0 aliphatic carbocycles. The van der Waals surface area contributed by atoms with Crippen molar-refractivity contribution in [2.75, 3.05) is 13.1 Å². The van der Waals surface area contributed by atoms with Crippen LogP contribution in [0.15, 0.2) is 0 Å².